The van der Waals surface area contributed by atoms with Crippen molar-refractivity contribution in [2.45, 2.75) is 57.9 Å². The Morgan fingerprint density at radius 1 is 0.707 bits per heavy atom. The number of hydrogen-bond donors (Lipinski definition) is 0. The lowest BCUT2D eigenvalue weighted by Crippen LogP contribution is -2.38. The molecule has 0 spiro atoms. The van der Waals surface area contributed by atoms with Crippen molar-refractivity contribution in [2.75, 3.05) is 26.4 Å². The summed E-state index contributed by atoms with van der Waals surface area (Å²) in [7, 11) is 0. The summed E-state index contributed by atoms with van der Waals surface area (Å²) in [6, 6.07) is 10.4. The Morgan fingerprint density at radius 3 is 1.61 bits per heavy atom. The maximum Gasteiger partial charge on any atom is 0.202 e. The lowest BCUT2D eigenvalue weighted by molar-refractivity contribution is -0.127. The molecule has 6 rings (SSSR count). The molecule has 0 radical (unpaired) electrons. The average molecular weight is 565 g/mol. The average Bonchev–Trinajstić information content (AvgIpc) is 2.98. The van der Waals surface area contributed by atoms with Crippen LogP contribution >= 0.6 is 0 Å². The van der Waals surface area contributed by atoms with Gasteiger partial charge in [0.15, 0.2) is 11.6 Å². The van der Waals surface area contributed by atoms with Crippen LogP contribution in [0.4, 0.5) is 0 Å². The minimum atomic E-state index is -0.423. The molecule has 0 aliphatic carbocycles. The van der Waals surface area contributed by atoms with E-state index in [1.165, 1.54) is 12.5 Å². The number of ether oxygens (including phenoxy) is 8. The highest BCUT2D eigenvalue weighted by molar-refractivity contribution is 6.13. The van der Waals surface area contributed by atoms with Crippen molar-refractivity contribution in [1.82, 2.24) is 0 Å². The predicted molar refractivity (Wildman–Crippen MR) is 144 cm³/mol. The van der Waals surface area contributed by atoms with E-state index >= 15 is 0 Å². The van der Waals surface area contributed by atoms with E-state index in [2.05, 4.69) is 0 Å². The van der Waals surface area contributed by atoms with Gasteiger partial charge in [0.25, 0.3) is 0 Å². The monoisotopic (exact) mass is 564 g/mol. The summed E-state index contributed by atoms with van der Waals surface area (Å²) in [6.07, 6.45) is 2.76. The van der Waals surface area contributed by atoms with Crippen molar-refractivity contribution >= 4 is 11.6 Å². The standard InChI is InChI=1S/C31H32O10/c1-3-34-28-14-26-22(16-38-28)30(32)20-12-18(6-8-24(20)40-26)36-10-5-11-37-19-7-9-25-21(13-19)31(33)23-17-39-29(35-4-2)15-27(23)41-25/h6-9,12-13,16-17,26-29H,3-5,10-11,14-15H2,1-2H3/t26?,27?,28-,29+. The highest BCUT2D eigenvalue weighted by Gasteiger charge is 2.39. The van der Waals surface area contributed by atoms with E-state index in [1.54, 1.807) is 36.4 Å². The van der Waals surface area contributed by atoms with Gasteiger partial charge in [0.1, 0.15) is 35.2 Å². The minimum absolute atomic E-state index is 0.137. The quantitative estimate of drug-likeness (QED) is 0.375. The Labute approximate surface area is 237 Å². The van der Waals surface area contributed by atoms with Crippen LogP contribution in [0.5, 0.6) is 23.0 Å². The molecule has 2 unspecified atom stereocenters. The van der Waals surface area contributed by atoms with Crippen molar-refractivity contribution in [1.29, 1.82) is 0 Å². The Morgan fingerprint density at radius 2 is 1.17 bits per heavy atom. The first kappa shape index (κ1) is 27.2. The molecule has 4 heterocycles. The van der Waals surface area contributed by atoms with Crippen LogP contribution in [0.15, 0.2) is 60.1 Å². The van der Waals surface area contributed by atoms with Crippen LogP contribution in [0.2, 0.25) is 0 Å². The maximum absolute atomic E-state index is 13.1. The lowest BCUT2D eigenvalue weighted by atomic mass is 9.93. The number of Topliss-reactive ketones (excluding diaryl/α,β-unsaturated/α-hetero) is 2. The summed E-state index contributed by atoms with van der Waals surface area (Å²) in [5, 5.41) is 0. The van der Waals surface area contributed by atoms with E-state index in [4.69, 9.17) is 37.9 Å². The summed E-state index contributed by atoms with van der Waals surface area (Å²) in [4.78, 5) is 26.1. The highest BCUT2D eigenvalue weighted by Crippen LogP contribution is 2.38. The van der Waals surface area contributed by atoms with Gasteiger partial charge in [-0.2, -0.15) is 0 Å². The number of carbonyl (C=O) groups is 2. The minimum Gasteiger partial charge on any atom is -0.493 e. The smallest absolute Gasteiger partial charge is 0.202 e. The molecule has 4 aliphatic rings. The highest BCUT2D eigenvalue weighted by atomic mass is 16.7. The molecule has 0 saturated carbocycles. The largest absolute Gasteiger partial charge is 0.493 e. The van der Waals surface area contributed by atoms with Gasteiger partial charge in [0, 0.05) is 19.6 Å². The molecule has 41 heavy (non-hydrogen) atoms. The number of ketones is 2. The lowest BCUT2D eigenvalue weighted by Gasteiger charge is -2.33. The molecule has 10 nitrogen and oxygen atoms in total. The molecular weight excluding hydrogens is 532 g/mol. The van der Waals surface area contributed by atoms with Gasteiger partial charge in [-0.15, -0.1) is 0 Å². The van der Waals surface area contributed by atoms with Gasteiger partial charge in [-0.05, 0) is 50.2 Å². The van der Waals surface area contributed by atoms with Crippen LogP contribution in [0, 0.1) is 0 Å². The first-order chi connectivity index (χ1) is 20.0. The fraction of sp³-hybridized carbons (Fsp3) is 0.419. The number of carbonyl (C=O) groups excluding carboxylic acids is 2. The van der Waals surface area contributed by atoms with Crippen molar-refractivity contribution in [2.24, 2.45) is 0 Å². The van der Waals surface area contributed by atoms with Crippen molar-refractivity contribution in [3.63, 3.8) is 0 Å². The normalized spacial score (nSPS) is 24.0. The molecule has 10 heteroatoms. The third kappa shape index (κ3) is 5.62. The van der Waals surface area contributed by atoms with Crippen molar-refractivity contribution in [3.8, 4) is 23.0 Å². The van der Waals surface area contributed by atoms with Crippen LogP contribution in [0.3, 0.4) is 0 Å². The topological polar surface area (TPSA) is 108 Å². The fourth-order valence-corrected chi connectivity index (χ4v) is 5.19. The van der Waals surface area contributed by atoms with Crippen molar-refractivity contribution in [3.05, 3.63) is 71.2 Å². The molecule has 0 saturated heterocycles. The second-order valence-electron chi connectivity index (χ2n) is 9.90. The molecule has 2 aromatic rings. The summed E-state index contributed by atoms with van der Waals surface area (Å²) >= 11 is 0. The number of hydrogen-bond acceptors (Lipinski definition) is 10. The number of rotatable bonds is 10. The Balaban J connectivity index is 1.01. The molecule has 2 aromatic carbocycles. The first-order valence-electron chi connectivity index (χ1n) is 13.9. The Bertz CT molecular complexity index is 1280. The third-order valence-electron chi connectivity index (χ3n) is 7.19. The Hall–Kier alpha value is -4.02. The Kier molecular flexibility index (Phi) is 7.84. The molecule has 4 aliphatic heterocycles. The van der Waals surface area contributed by atoms with Gasteiger partial charge in [-0.1, -0.05) is 0 Å². The van der Waals surface area contributed by atoms with Crippen LogP contribution in [-0.2, 0) is 18.9 Å². The van der Waals surface area contributed by atoms with E-state index < -0.39 is 24.8 Å². The second kappa shape index (κ2) is 11.8. The van der Waals surface area contributed by atoms with Crippen LogP contribution in [0.25, 0.3) is 0 Å². The summed E-state index contributed by atoms with van der Waals surface area (Å²) in [5.41, 5.74) is 1.83. The van der Waals surface area contributed by atoms with Crippen LogP contribution in [0.1, 0.15) is 53.8 Å². The number of fused-ring (bicyclic) bond motifs is 4. The molecule has 0 amide bonds. The van der Waals surface area contributed by atoms with Gasteiger partial charge in [0.05, 0.1) is 60.9 Å². The van der Waals surface area contributed by atoms with E-state index in [-0.39, 0.29) is 11.6 Å². The maximum atomic E-state index is 13.1. The summed E-state index contributed by atoms with van der Waals surface area (Å²) < 4.78 is 45.9. The summed E-state index contributed by atoms with van der Waals surface area (Å²) in [5.74, 6) is 1.89. The summed E-state index contributed by atoms with van der Waals surface area (Å²) in [6.45, 7) is 5.56. The van der Waals surface area contributed by atoms with Gasteiger partial charge in [0.2, 0.25) is 12.6 Å². The number of benzene rings is 2. The molecular formula is C31H32O10. The van der Waals surface area contributed by atoms with E-state index in [0.29, 0.717) is 91.0 Å². The zero-order valence-electron chi connectivity index (χ0n) is 23.0. The zero-order valence-corrected chi connectivity index (χ0v) is 23.0. The fourth-order valence-electron chi connectivity index (χ4n) is 5.19. The predicted octanol–water partition coefficient (Wildman–Crippen LogP) is 4.76. The van der Waals surface area contributed by atoms with E-state index in [1.807, 2.05) is 13.8 Å². The van der Waals surface area contributed by atoms with E-state index in [0.717, 1.165) is 0 Å². The first-order valence-corrected chi connectivity index (χ1v) is 13.9. The van der Waals surface area contributed by atoms with Gasteiger partial charge in [-0.25, -0.2) is 0 Å². The van der Waals surface area contributed by atoms with Gasteiger partial charge < -0.3 is 37.9 Å². The molecule has 0 N–H and O–H groups in total. The van der Waals surface area contributed by atoms with Crippen molar-refractivity contribution < 1.29 is 47.5 Å². The van der Waals surface area contributed by atoms with Crippen LogP contribution < -0.4 is 18.9 Å². The third-order valence-corrected chi connectivity index (χ3v) is 7.19. The zero-order chi connectivity index (χ0) is 28.3. The van der Waals surface area contributed by atoms with Crippen LogP contribution in [-0.4, -0.2) is 62.8 Å². The van der Waals surface area contributed by atoms with Gasteiger partial charge >= 0.3 is 0 Å². The SMILES string of the molecule is CCO[C@@H]1CC2Oc3ccc(OCCCOc4ccc5c(c4)C(=O)C4=CO[C@@H](OCC)CC4O5)cc3C(=O)C2=CO1. The second-order valence-corrected chi connectivity index (χ2v) is 9.90. The van der Waals surface area contributed by atoms with Gasteiger partial charge in [-0.3, -0.25) is 9.59 Å². The molecule has 4 atom stereocenters. The van der Waals surface area contributed by atoms with E-state index in [9.17, 15) is 9.59 Å². The molecule has 0 bridgehead atoms. The molecule has 216 valence electrons. The molecule has 0 aromatic heterocycles. The molecule has 0 fully saturated rings.